The highest BCUT2D eigenvalue weighted by Crippen LogP contribution is 2.39. The summed E-state index contributed by atoms with van der Waals surface area (Å²) in [4.78, 5) is 10.6. The second-order valence-corrected chi connectivity index (χ2v) is 4.45. The van der Waals surface area contributed by atoms with Gasteiger partial charge in [0.15, 0.2) is 0 Å². The fourth-order valence-electron chi connectivity index (χ4n) is 2.00. The summed E-state index contributed by atoms with van der Waals surface area (Å²) in [7, 11) is 0. The minimum absolute atomic E-state index is 0.419. The van der Waals surface area contributed by atoms with Gasteiger partial charge in [-0.05, 0) is 19.9 Å². The van der Waals surface area contributed by atoms with E-state index in [0.29, 0.717) is 12.2 Å². The fourth-order valence-corrected chi connectivity index (χ4v) is 2.00. The van der Waals surface area contributed by atoms with Crippen molar-refractivity contribution in [2.75, 3.05) is 0 Å². The number of hydrogen-bond donors (Lipinski definition) is 2. The summed E-state index contributed by atoms with van der Waals surface area (Å²) < 4.78 is 5.70. The maximum Gasteiger partial charge on any atom is 0.207 e. The first kappa shape index (κ1) is 11.0. The van der Waals surface area contributed by atoms with E-state index < -0.39 is 17.7 Å². The second-order valence-electron chi connectivity index (χ2n) is 4.45. The minimum atomic E-state index is -0.771. The van der Waals surface area contributed by atoms with Crippen LogP contribution in [0.15, 0.2) is 24.3 Å². The number of nitrogens with one attached hydrogen (secondary N) is 1. The zero-order chi connectivity index (χ0) is 11.8. The van der Waals surface area contributed by atoms with Gasteiger partial charge >= 0.3 is 0 Å². The lowest BCUT2D eigenvalue weighted by Gasteiger charge is -2.41. The first-order chi connectivity index (χ1) is 7.56. The summed E-state index contributed by atoms with van der Waals surface area (Å²) in [5.41, 5.74) is 0.0936. The molecule has 2 N–H and O–H groups in total. The SMILES string of the molecule is CC1(C)Oc2ccccc2[C@H](NC=O)[C@H]1O. The van der Waals surface area contributed by atoms with Crippen LogP contribution >= 0.6 is 0 Å². The first-order valence-corrected chi connectivity index (χ1v) is 5.22. The number of rotatable bonds is 2. The zero-order valence-electron chi connectivity index (χ0n) is 9.31. The molecule has 1 amide bonds. The van der Waals surface area contributed by atoms with E-state index in [0.717, 1.165) is 5.56 Å². The van der Waals surface area contributed by atoms with Gasteiger partial charge in [-0.3, -0.25) is 4.79 Å². The predicted octanol–water partition coefficient (Wildman–Crippen LogP) is 1.01. The highest BCUT2D eigenvalue weighted by molar-refractivity contribution is 5.51. The van der Waals surface area contributed by atoms with Crippen LogP contribution in [0.3, 0.4) is 0 Å². The number of carbonyl (C=O) groups is 1. The van der Waals surface area contributed by atoms with Crippen molar-refractivity contribution in [3.63, 3.8) is 0 Å². The van der Waals surface area contributed by atoms with Gasteiger partial charge < -0.3 is 15.2 Å². The molecule has 0 unspecified atom stereocenters. The van der Waals surface area contributed by atoms with E-state index in [2.05, 4.69) is 5.32 Å². The minimum Gasteiger partial charge on any atom is -0.485 e. The molecule has 4 nitrogen and oxygen atoms in total. The molecule has 1 aromatic rings. The average Bonchev–Trinajstić information content (AvgIpc) is 2.24. The molecule has 16 heavy (non-hydrogen) atoms. The Balaban J connectivity index is 2.46. The van der Waals surface area contributed by atoms with E-state index in [4.69, 9.17) is 4.74 Å². The van der Waals surface area contributed by atoms with Gasteiger partial charge in [-0.2, -0.15) is 0 Å². The van der Waals surface area contributed by atoms with Gasteiger partial charge in [0.1, 0.15) is 17.5 Å². The van der Waals surface area contributed by atoms with Crippen LogP contribution in [0.4, 0.5) is 0 Å². The summed E-state index contributed by atoms with van der Waals surface area (Å²) in [5, 5.41) is 12.8. The van der Waals surface area contributed by atoms with Crippen LogP contribution in [-0.2, 0) is 4.79 Å². The van der Waals surface area contributed by atoms with Crippen molar-refractivity contribution in [1.29, 1.82) is 0 Å². The van der Waals surface area contributed by atoms with Crippen molar-refractivity contribution < 1.29 is 14.6 Å². The van der Waals surface area contributed by atoms with Crippen LogP contribution in [0.25, 0.3) is 0 Å². The number of hydrogen-bond acceptors (Lipinski definition) is 3. The smallest absolute Gasteiger partial charge is 0.207 e. The Hall–Kier alpha value is -1.55. The van der Waals surface area contributed by atoms with Crippen molar-refractivity contribution in [2.45, 2.75) is 31.6 Å². The maximum absolute atomic E-state index is 10.6. The Morgan fingerprint density at radius 3 is 2.81 bits per heavy atom. The standard InChI is InChI=1S/C12H15NO3/c1-12(2)11(15)10(13-7-14)8-5-3-4-6-9(8)16-12/h3-7,10-11,15H,1-2H3,(H,13,14)/t10-,11+/m0/s1. The third-order valence-electron chi connectivity index (χ3n) is 2.90. The van der Waals surface area contributed by atoms with E-state index in [9.17, 15) is 9.90 Å². The molecular formula is C12H15NO3. The summed E-state index contributed by atoms with van der Waals surface area (Å²) in [6.45, 7) is 3.60. The molecule has 1 aromatic carbocycles. The second kappa shape index (κ2) is 3.79. The fraction of sp³-hybridized carbons (Fsp3) is 0.417. The summed E-state index contributed by atoms with van der Waals surface area (Å²) in [5.74, 6) is 0.706. The quantitative estimate of drug-likeness (QED) is 0.733. The third kappa shape index (κ3) is 1.65. The largest absolute Gasteiger partial charge is 0.485 e. The molecule has 0 fully saturated rings. The first-order valence-electron chi connectivity index (χ1n) is 5.22. The number of carbonyl (C=O) groups excluding carboxylic acids is 1. The molecule has 1 heterocycles. The Morgan fingerprint density at radius 1 is 1.44 bits per heavy atom. The molecule has 0 radical (unpaired) electrons. The molecule has 2 atom stereocenters. The van der Waals surface area contributed by atoms with Gasteiger partial charge in [-0.1, -0.05) is 18.2 Å². The topological polar surface area (TPSA) is 58.6 Å². The molecule has 1 aliphatic rings. The molecule has 1 aliphatic heterocycles. The Bertz CT molecular complexity index is 403. The van der Waals surface area contributed by atoms with Crippen molar-refractivity contribution >= 4 is 6.41 Å². The van der Waals surface area contributed by atoms with Gasteiger partial charge in [-0.15, -0.1) is 0 Å². The number of aliphatic hydroxyl groups is 1. The van der Waals surface area contributed by atoms with E-state index in [1.165, 1.54) is 0 Å². The zero-order valence-corrected chi connectivity index (χ0v) is 9.31. The van der Waals surface area contributed by atoms with Gasteiger partial charge in [0, 0.05) is 5.56 Å². The normalized spacial score (nSPS) is 26.4. The van der Waals surface area contributed by atoms with Gasteiger partial charge in [0.25, 0.3) is 0 Å². The van der Waals surface area contributed by atoms with Crippen LogP contribution in [-0.4, -0.2) is 23.2 Å². The Morgan fingerprint density at radius 2 is 2.12 bits per heavy atom. The van der Waals surface area contributed by atoms with Gasteiger partial charge in [0.2, 0.25) is 6.41 Å². The number of benzene rings is 1. The summed E-state index contributed by atoms with van der Waals surface area (Å²) in [6.07, 6.45) is -0.167. The maximum atomic E-state index is 10.6. The van der Waals surface area contributed by atoms with Crippen LogP contribution < -0.4 is 10.1 Å². The monoisotopic (exact) mass is 221 g/mol. The van der Waals surface area contributed by atoms with Crippen molar-refractivity contribution in [1.82, 2.24) is 5.32 Å². The van der Waals surface area contributed by atoms with E-state index >= 15 is 0 Å². The highest BCUT2D eigenvalue weighted by atomic mass is 16.5. The van der Waals surface area contributed by atoms with E-state index in [1.54, 1.807) is 13.8 Å². The predicted molar refractivity (Wildman–Crippen MR) is 59.1 cm³/mol. The lowest BCUT2D eigenvalue weighted by atomic mass is 9.87. The van der Waals surface area contributed by atoms with E-state index in [-0.39, 0.29) is 0 Å². The Labute approximate surface area is 94.2 Å². The number of aliphatic hydroxyl groups excluding tert-OH is 1. The molecule has 2 rings (SSSR count). The van der Waals surface area contributed by atoms with Crippen molar-refractivity contribution in [2.24, 2.45) is 0 Å². The van der Waals surface area contributed by atoms with Gasteiger partial charge in [0.05, 0.1) is 6.04 Å². The number of para-hydroxylation sites is 1. The molecule has 0 aliphatic carbocycles. The highest BCUT2D eigenvalue weighted by Gasteiger charge is 2.42. The molecule has 0 saturated heterocycles. The number of fused-ring (bicyclic) bond motifs is 1. The van der Waals surface area contributed by atoms with E-state index in [1.807, 2.05) is 24.3 Å². The van der Waals surface area contributed by atoms with Crippen molar-refractivity contribution in [3.05, 3.63) is 29.8 Å². The number of amides is 1. The Kier molecular flexibility index (Phi) is 2.59. The molecule has 4 heteroatoms. The van der Waals surface area contributed by atoms with Crippen LogP contribution in [0.5, 0.6) is 5.75 Å². The number of ether oxygens (including phenoxy) is 1. The molecular weight excluding hydrogens is 206 g/mol. The summed E-state index contributed by atoms with van der Waals surface area (Å²) >= 11 is 0. The molecule has 0 spiro atoms. The van der Waals surface area contributed by atoms with Crippen LogP contribution in [0.1, 0.15) is 25.5 Å². The molecule has 0 bridgehead atoms. The van der Waals surface area contributed by atoms with Gasteiger partial charge in [-0.25, -0.2) is 0 Å². The lowest BCUT2D eigenvalue weighted by Crippen LogP contribution is -2.52. The molecule has 0 saturated carbocycles. The molecule has 86 valence electrons. The van der Waals surface area contributed by atoms with Crippen LogP contribution in [0.2, 0.25) is 0 Å². The lowest BCUT2D eigenvalue weighted by molar-refractivity contribution is -0.114. The average molecular weight is 221 g/mol. The molecule has 0 aromatic heterocycles. The summed E-state index contributed by atoms with van der Waals surface area (Å²) in [6, 6.07) is 6.98. The van der Waals surface area contributed by atoms with Crippen LogP contribution in [0, 0.1) is 0 Å². The van der Waals surface area contributed by atoms with Crippen molar-refractivity contribution in [3.8, 4) is 5.75 Å². The third-order valence-corrected chi connectivity index (χ3v) is 2.90.